The van der Waals surface area contributed by atoms with Gasteiger partial charge in [-0.1, -0.05) is 41.4 Å². The topological polar surface area (TPSA) is 17.1 Å². The Morgan fingerprint density at radius 2 is 2.00 bits per heavy atom. The van der Waals surface area contributed by atoms with Gasteiger partial charge in [0.05, 0.1) is 3.58 Å². The molecule has 0 aliphatic heterocycles. The first kappa shape index (κ1) is 13.9. The van der Waals surface area contributed by atoms with E-state index >= 15 is 0 Å². The first-order chi connectivity index (χ1) is 7.63. The summed E-state index contributed by atoms with van der Waals surface area (Å²) in [5, 5.41) is 0. The number of Topliss-reactive ketones (excluding diaryl/α,β-unsaturated/α-hetero) is 1. The fourth-order valence-electron chi connectivity index (χ4n) is 1.24. The average molecular weight is 393 g/mol. The van der Waals surface area contributed by atoms with Crippen LogP contribution < -0.4 is 0 Å². The third-order valence-corrected chi connectivity index (χ3v) is 3.63. The summed E-state index contributed by atoms with van der Waals surface area (Å²) >= 11 is 5.50. The van der Waals surface area contributed by atoms with Crippen LogP contribution in [0.25, 0.3) is 6.08 Å². The van der Waals surface area contributed by atoms with Gasteiger partial charge < -0.3 is 0 Å². The molecule has 0 fully saturated rings. The monoisotopic (exact) mass is 392 g/mol. The summed E-state index contributed by atoms with van der Waals surface area (Å²) in [6, 6.07) is 7.95. The van der Waals surface area contributed by atoms with E-state index in [4.69, 9.17) is 0 Å². The van der Waals surface area contributed by atoms with E-state index in [0.717, 1.165) is 26.5 Å². The van der Waals surface area contributed by atoms with Crippen LogP contribution in [-0.4, -0.2) is 5.78 Å². The molecule has 0 unspecified atom stereocenters. The number of benzene rings is 1. The van der Waals surface area contributed by atoms with Crippen molar-refractivity contribution in [1.29, 1.82) is 0 Å². The normalized spacial score (nSPS) is 11.6. The lowest BCUT2D eigenvalue weighted by Crippen LogP contribution is -1.96. The maximum absolute atomic E-state index is 11.7. The van der Waals surface area contributed by atoms with Crippen LogP contribution >= 0.6 is 38.5 Å². The molecule has 0 bridgehead atoms. The summed E-state index contributed by atoms with van der Waals surface area (Å²) in [4.78, 5) is 11.7. The molecule has 0 radical (unpaired) electrons. The fraction of sp³-hybridized carbons (Fsp3) is 0.308. The Morgan fingerprint density at radius 3 is 2.56 bits per heavy atom. The second-order valence-electron chi connectivity index (χ2n) is 3.57. The minimum absolute atomic E-state index is 0.241. The zero-order valence-corrected chi connectivity index (χ0v) is 12.9. The number of hydrogen-bond donors (Lipinski definition) is 0. The number of unbranched alkanes of at least 4 members (excludes halogenated alkanes) is 1. The third kappa shape index (κ3) is 4.78. The number of rotatable bonds is 5. The standard InChI is InChI=1S/C13H14BrIO/c1-2-3-4-13(16)12(15)9-10-5-7-11(14)8-6-10/h5-9H,2-4H2,1H3/b12-9-. The van der Waals surface area contributed by atoms with Gasteiger partial charge in [-0.3, -0.25) is 4.79 Å². The minimum Gasteiger partial charge on any atom is -0.294 e. The minimum atomic E-state index is 0.241. The first-order valence-electron chi connectivity index (χ1n) is 5.29. The van der Waals surface area contributed by atoms with Crippen molar-refractivity contribution in [2.24, 2.45) is 0 Å². The first-order valence-corrected chi connectivity index (χ1v) is 7.16. The van der Waals surface area contributed by atoms with Gasteiger partial charge in [0, 0.05) is 10.9 Å². The number of carbonyl (C=O) groups excluding carboxylic acids is 1. The van der Waals surface area contributed by atoms with E-state index < -0.39 is 0 Å². The molecule has 1 nitrogen and oxygen atoms in total. The molecule has 0 aliphatic rings. The highest BCUT2D eigenvalue weighted by atomic mass is 127. The van der Waals surface area contributed by atoms with Gasteiger partial charge in [0.2, 0.25) is 0 Å². The maximum atomic E-state index is 11.7. The Labute approximate surface area is 119 Å². The summed E-state index contributed by atoms with van der Waals surface area (Å²) < 4.78 is 1.87. The second kappa shape index (κ2) is 7.22. The summed E-state index contributed by atoms with van der Waals surface area (Å²) in [6.07, 6.45) is 4.63. The van der Waals surface area contributed by atoms with Crippen LogP contribution in [0.5, 0.6) is 0 Å². The highest BCUT2D eigenvalue weighted by Crippen LogP contribution is 2.18. The average Bonchev–Trinajstić information content (AvgIpc) is 2.29. The Balaban J connectivity index is 2.68. The number of ketones is 1. The molecule has 0 aromatic heterocycles. The zero-order valence-electron chi connectivity index (χ0n) is 9.17. The van der Waals surface area contributed by atoms with E-state index in [0.29, 0.717) is 6.42 Å². The van der Waals surface area contributed by atoms with Gasteiger partial charge in [-0.2, -0.15) is 0 Å². The van der Waals surface area contributed by atoms with Crippen molar-refractivity contribution in [3.05, 3.63) is 37.9 Å². The van der Waals surface area contributed by atoms with Crippen LogP contribution in [0.15, 0.2) is 32.3 Å². The Morgan fingerprint density at radius 1 is 1.38 bits per heavy atom. The summed E-state index contributed by atoms with van der Waals surface area (Å²) in [5.74, 6) is 0.241. The molecule has 1 aromatic rings. The molecule has 0 spiro atoms. The zero-order chi connectivity index (χ0) is 12.0. The Hall–Kier alpha value is -0.160. The van der Waals surface area contributed by atoms with Gasteiger partial charge in [0.25, 0.3) is 0 Å². The van der Waals surface area contributed by atoms with Crippen LogP contribution in [0.1, 0.15) is 31.7 Å². The lowest BCUT2D eigenvalue weighted by Gasteiger charge is -1.99. The molecule has 0 amide bonds. The van der Waals surface area contributed by atoms with Crippen molar-refractivity contribution in [2.45, 2.75) is 26.2 Å². The van der Waals surface area contributed by atoms with Crippen molar-refractivity contribution in [3.63, 3.8) is 0 Å². The van der Waals surface area contributed by atoms with Crippen LogP contribution in [-0.2, 0) is 4.79 Å². The Kier molecular flexibility index (Phi) is 6.28. The lowest BCUT2D eigenvalue weighted by molar-refractivity contribution is -0.114. The van der Waals surface area contributed by atoms with Crippen LogP contribution in [0.2, 0.25) is 0 Å². The molecular weight excluding hydrogens is 379 g/mol. The van der Waals surface area contributed by atoms with Crippen LogP contribution in [0, 0.1) is 0 Å². The van der Waals surface area contributed by atoms with Crippen molar-refractivity contribution in [2.75, 3.05) is 0 Å². The molecule has 0 aliphatic carbocycles. The summed E-state index contributed by atoms with van der Waals surface area (Å²) in [5.41, 5.74) is 1.07. The largest absolute Gasteiger partial charge is 0.294 e. The number of hydrogen-bond acceptors (Lipinski definition) is 1. The molecule has 0 heterocycles. The van der Waals surface area contributed by atoms with E-state index in [1.165, 1.54) is 0 Å². The highest BCUT2D eigenvalue weighted by Gasteiger charge is 2.05. The van der Waals surface area contributed by atoms with Crippen molar-refractivity contribution < 1.29 is 4.79 Å². The SMILES string of the molecule is CCCCC(=O)/C(I)=C/c1ccc(Br)cc1. The molecule has 1 rings (SSSR count). The Bertz CT molecular complexity index is 381. The smallest absolute Gasteiger partial charge is 0.168 e. The molecule has 1 aromatic carbocycles. The summed E-state index contributed by atoms with van der Waals surface area (Å²) in [7, 11) is 0. The van der Waals surface area contributed by atoms with Gasteiger partial charge in [-0.25, -0.2) is 0 Å². The third-order valence-electron chi connectivity index (χ3n) is 2.19. The molecule has 0 atom stereocenters. The van der Waals surface area contributed by atoms with Crippen LogP contribution in [0.3, 0.4) is 0 Å². The number of carbonyl (C=O) groups is 1. The lowest BCUT2D eigenvalue weighted by atomic mass is 10.1. The predicted octanol–water partition coefficient (Wildman–Crippen LogP) is 4.98. The van der Waals surface area contributed by atoms with E-state index in [9.17, 15) is 4.79 Å². The molecule has 86 valence electrons. The van der Waals surface area contributed by atoms with E-state index in [2.05, 4.69) is 45.4 Å². The molecule has 0 saturated heterocycles. The quantitative estimate of drug-likeness (QED) is 0.509. The van der Waals surface area contributed by atoms with Gasteiger partial charge in [0.1, 0.15) is 0 Å². The molecule has 16 heavy (non-hydrogen) atoms. The highest BCUT2D eigenvalue weighted by molar-refractivity contribution is 14.1. The molecular formula is C13H14BrIO. The van der Waals surface area contributed by atoms with Gasteiger partial charge in [-0.05, 0) is 52.8 Å². The maximum Gasteiger partial charge on any atom is 0.168 e. The predicted molar refractivity (Wildman–Crippen MR) is 80.7 cm³/mol. The van der Waals surface area contributed by atoms with Crippen LogP contribution in [0.4, 0.5) is 0 Å². The number of allylic oxidation sites excluding steroid dienone is 1. The van der Waals surface area contributed by atoms with E-state index in [-0.39, 0.29) is 5.78 Å². The fourth-order valence-corrected chi connectivity index (χ4v) is 2.14. The van der Waals surface area contributed by atoms with Crippen molar-refractivity contribution in [3.8, 4) is 0 Å². The van der Waals surface area contributed by atoms with Crippen molar-refractivity contribution in [1.82, 2.24) is 0 Å². The molecule has 0 saturated carbocycles. The van der Waals surface area contributed by atoms with Gasteiger partial charge in [0.15, 0.2) is 5.78 Å². The molecule has 3 heteroatoms. The summed E-state index contributed by atoms with van der Waals surface area (Å²) in [6.45, 7) is 2.10. The van der Waals surface area contributed by atoms with E-state index in [1.54, 1.807) is 0 Å². The number of halogens is 2. The van der Waals surface area contributed by atoms with Gasteiger partial charge in [-0.15, -0.1) is 0 Å². The second-order valence-corrected chi connectivity index (χ2v) is 5.65. The van der Waals surface area contributed by atoms with Crippen molar-refractivity contribution >= 4 is 50.4 Å². The van der Waals surface area contributed by atoms with Gasteiger partial charge >= 0.3 is 0 Å². The van der Waals surface area contributed by atoms with E-state index in [1.807, 2.05) is 30.3 Å². The molecule has 0 N–H and O–H groups in total.